The van der Waals surface area contributed by atoms with Crippen LogP contribution >= 0.6 is 0 Å². The second kappa shape index (κ2) is 7.02. The highest BCUT2D eigenvalue weighted by atomic mass is 19.1. The lowest BCUT2D eigenvalue weighted by atomic mass is 9.90. The molecule has 0 saturated heterocycles. The lowest BCUT2D eigenvalue weighted by Gasteiger charge is -2.17. The Morgan fingerprint density at radius 2 is 1.95 bits per heavy atom. The highest BCUT2D eigenvalue weighted by Gasteiger charge is 2.17. The van der Waals surface area contributed by atoms with Crippen molar-refractivity contribution in [1.29, 1.82) is 0 Å². The lowest BCUT2D eigenvalue weighted by molar-refractivity contribution is 0.0521. The zero-order valence-corrected chi connectivity index (χ0v) is 12.7. The number of ether oxygens (including phenoxy) is 1. The van der Waals surface area contributed by atoms with Gasteiger partial charge in [0.1, 0.15) is 5.82 Å². The Kier molecular flexibility index (Phi) is 5.09. The van der Waals surface area contributed by atoms with Gasteiger partial charge >= 0.3 is 5.97 Å². The number of aromatic nitrogens is 1. The molecule has 116 valence electrons. The minimum absolute atomic E-state index is 0.0478. The number of carbonyl (C=O) groups is 1. The van der Waals surface area contributed by atoms with E-state index >= 15 is 0 Å². The van der Waals surface area contributed by atoms with Gasteiger partial charge in [-0.15, -0.1) is 0 Å². The summed E-state index contributed by atoms with van der Waals surface area (Å²) in [5.74, 6) is -0.748. The molecule has 0 aliphatic rings. The van der Waals surface area contributed by atoms with Gasteiger partial charge in [-0.3, -0.25) is 0 Å². The Hall–Kier alpha value is -2.43. The molecule has 0 saturated carbocycles. The number of pyridine rings is 1. The topological polar surface area (TPSA) is 65.2 Å². The number of carbonyl (C=O) groups excluding carboxylic acids is 1. The van der Waals surface area contributed by atoms with Gasteiger partial charge in [-0.1, -0.05) is 19.1 Å². The first-order valence-electron chi connectivity index (χ1n) is 7.24. The molecule has 0 aliphatic carbocycles. The second-order valence-electron chi connectivity index (χ2n) is 4.94. The van der Waals surface area contributed by atoms with Gasteiger partial charge in [0.25, 0.3) is 0 Å². The van der Waals surface area contributed by atoms with Gasteiger partial charge in [-0.2, -0.15) is 0 Å². The summed E-state index contributed by atoms with van der Waals surface area (Å²) in [7, 11) is 0. The van der Waals surface area contributed by atoms with Crippen molar-refractivity contribution < 1.29 is 13.9 Å². The Labute approximate surface area is 129 Å². The van der Waals surface area contributed by atoms with Crippen molar-refractivity contribution in [2.24, 2.45) is 0 Å². The minimum atomic E-state index is -0.526. The van der Waals surface area contributed by atoms with E-state index in [4.69, 9.17) is 10.5 Å². The largest absolute Gasteiger partial charge is 0.461 e. The van der Waals surface area contributed by atoms with Crippen LogP contribution in [0.5, 0.6) is 0 Å². The fourth-order valence-electron chi connectivity index (χ4n) is 2.42. The average molecular weight is 302 g/mol. The summed E-state index contributed by atoms with van der Waals surface area (Å²) in [5.41, 5.74) is 8.21. The molecule has 1 unspecified atom stereocenters. The Morgan fingerprint density at radius 3 is 2.50 bits per heavy atom. The van der Waals surface area contributed by atoms with Crippen molar-refractivity contribution in [2.75, 3.05) is 12.3 Å². The zero-order chi connectivity index (χ0) is 16.1. The van der Waals surface area contributed by atoms with Crippen LogP contribution in [0.1, 0.15) is 47.8 Å². The third-order valence-electron chi connectivity index (χ3n) is 3.49. The predicted molar refractivity (Wildman–Crippen MR) is 83.1 cm³/mol. The van der Waals surface area contributed by atoms with Crippen LogP contribution in [0.15, 0.2) is 36.5 Å². The molecule has 4 nitrogen and oxygen atoms in total. The van der Waals surface area contributed by atoms with Gasteiger partial charge in [-0.25, -0.2) is 14.2 Å². The molecule has 22 heavy (non-hydrogen) atoms. The Bertz CT molecular complexity index is 656. The molecular formula is C17H19FN2O2. The standard InChI is InChI=1S/C17H19FN2O2/c1-3-14(11-5-7-13(18)8-6-11)12-9-15(19)16(20-10-12)17(21)22-4-2/h5-10,14H,3-4,19H2,1-2H3. The molecule has 1 heterocycles. The van der Waals surface area contributed by atoms with E-state index < -0.39 is 5.97 Å². The van der Waals surface area contributed by atoms with Crippen molar-refractivity contribution in [1.82, 2.24) is 4.98 Å². The van der Waals surface area contributed by atoms with Crippen LogP contribution in [-0.2, 0) is 4.74 Å². The maximum absolute atomic E-state index is 13.1. The second-order valence-corrected chi connectivity index (χ2v) is 4.94. The number of hydrogen-bond acceptors (Lipinski definition) is 4. The average Bonchev–Trinajstić information content (AvgIpc) is 2.50. The van der Waals surface area contributed by atoms with E-state index in [-0.39, 0.29) is 29.7 Å². The lowest BCUT2D eigenvalue weighted by Crippen LogP contribution is -2.12. The van der Waals surface area contributed by atoms with Gasteiger partial charge in [0.05, 0.1) is 12.3 Å². The molecule has 0 bridgehead atoms. The summed E-state index contributed by atoms with van der Waals surface area (Å²) in [6, 6.07) is 8.10. The number of benzene rings is 1. The van der Waals surface area contributed by atoms with Crippen LogP contribution in [0, 0.1) is 5.82 Å². The van der Waals surface area contributed by atoms with E-state index in [1.54, 1.807) is 31.3 Å². The van der Waals surface area contributed by atoms with E-state index in [0.29, 0.717) is 0 Å². The Balaban J connectivity index is 2.32. The predicted octanol–water partition coefficient (Wildman–Crippen LogP) is 3.52. The van der Waals surface area contributed by atoms with Crippen LogP contribution in [0.3, 0.4) is 0 Å². The maximum atomic E-state index is 13.1. The molecule has 0 spiro atoms. The van der Waals surface area contributed by atoms with Crippen LogP contribution in [-0.4, -0.2) is 17.6 Å². The maximum Gasteiger partial charge on any atom is 0.359 e. The van der Waals surface area contributed by atoms with Crippen molar-refractivity contribution in [3.05, 3.63) is 59.2 Å². The molecule has 0 amide bonds. The van der Waals surface area contributed by atoms with Gasteiger partial charge < -0.3 is 10.5 Å². The molecule has 0 aliphatic heterocycles. The van der Waals surface area contributed by atoms with E-state index in [9.17, 15) is 9.18 Å². The summed E-state index contributed by atoms with van der Waals surface area (Å²) in [6.45, 7) is 4.03. The SMILES string of the molecule is CCOC(=O)c1ncc(C(CC)c2ccc(F)cc2)cc1N. The molecule has 0 fully saturated rings. The van der Waals surface area contributed by atoms with E-state index in [1.807, 2.05) is 6.92 Å². The first-order chi connectivity index (χ1) is 10.6. The summed E-state index contributed by atoms with van der Waals surface area (Å²) in [6.07, 6.45) is 2.44. The molecule has 2 N–H and O–H groups in total. The van der Waals surface area contributed by atoms with Crippen molar-refractivity contribution >= 4 is 11.7 Å². The van der Waals surface area contributed by atoms with E-state index in [2.05, 4.69) is 4.98 Å². The number of nitrogens with zero attached hydrogens (tertiary/aromatic N) is 1. The number of anilines is 1. The highest BCUT2D eigenvalue weighted by Crippen LogP contribution is 2.29. The quantitative estimate of drug-likeness (QED) is 0.858. The fraction of sp³-hybridized carbons (Fsp3) is 0.294. The van der Waals surface area contributed by atoms with Crippen LogP contribution in [0.25, 0.3) is 0 Å². The molecule has 5 heteroatoms. The number of nitrogens with two attached hydrogens (primary N) is 1. The van der Waals surface area contributed by atoms with E-state index in [1.165, 1.54) is 12.1 Å². The molecule has 0 radical (unpaired) electrons. The zero-order valence-electron chi connectivity index (χ0n) is 12.7. The van der Waals surface area contributed by atoms with E-state index in [0.717, 1.165) is 17.5 Å². The fourth-order valence-corrected chi connectivity index (χ4v) is 2.42. The molecular weight excluding hydrogens is 283 g/mol. The third-order valence-corrected chi connectivity index (χ3v) is 3.49. The molecule has 1 aromatic carbocycles. The number of rotatable bonds is 5. The smallest absolute Gasteiger partial charge is 0.359 e. The summed E-state index contributed by atoms with van der Waals surface area (Å²) in [4.78, 5) is 15.9. The van der Waals surface area contributed by atoms with Crippen molar-refractivity contribution in [2.45, 2.75) is 26.2 Å². The van der Waals surface area contributed by atoms with Gasteiger partial charge in [-0.05, 0) is 42.7 Å². The highest BCUT2D eigenvalue weighted by molar-refractivity contribution is 5.92. The van der Waals surface area contributed by atoms with Gasteiger partial charge in [0.2, 0.25) is 0 Å². The van der Waals surface area contributed by atoms with Gasteiger partial charge in [0.15, 0.2) is 5.69 Å². The van der Waals surface area contributed by atoms with Crippen LogP contribution in [0.4, 0.5) is 10.1 Å². The van der Waals surface area contributed by atoms with Gasteiger partial charge in [0, 0.05) is 12.1 Å². The van der Waals surface area contributed by atoms with Crippen molar-refractivity contribution in [3.63, 3.8) is 0 Å². The molecule has 2 aromatic rings. The summed E-state index contributed by atoms with van der Waals surface area (Å²) < 4.78 is 18.0. The van der Waals surface area contributed by atoms with Crippen LogP contribution in [0.2, 0.25) is 0 Å². The molecule has 2 rings (SSSR count). The number of hydrogen-bond donors (Lipinski definition) is 1. The third kappa shape index (κ3) is 3.42. The summed E-state index contributed by atoms with van der Waals surface area (Å²) in [5, 5.41) is 0. The number of halogens is 1. The minimum Gasteiger partial charge on any atom is -0.461 e. The summed E-state index contributed by atoms with van der Waals surface area (Å²) >= 11 is 0. The number of esters is 1. The Morgan fingerprint density at radius 1 is 1.27 bits per heavy atom. The molecule has 1 atom stereocenters. The molecule has 1 aromatic heterocycles. The first-order valence-corrected chi connectivity index (χ1v) is 7.24. The first kappa shape index (κ1) is 15.9. The van der Waals surface area contributed by atoms with Crippen LogP contribution < -0.4 is 5.73 Å². The monoisotopic (exact) mass is 302 g/mol. The normalized spacial score (nSPS) is 12.0. The number of nitrogen functional groups attached to an aromatic ring is 1. The van der Waals surface area contributed by atoms with Crippen molar-refractivity contribution in [3.8, 4) is 0 Å².